The van der Waals surface area contributed by atoms with Crippen molar-refractivity contribution in [2.45, 2.75) is 24.4 Å². The number of carbonyl (C=O) groups excluding carboxylic acids is 2. The van der Waals surface area contributed by atoms with Gasteiger partial charge in [0.1, 0.15) is 18.3 Å². The van der Waals surface area contributed by atoms with Crippen molar-refractivity contribution in [1.29, 1.82) is 0 Å². The van der Waals surface area contributed by atoms with E-state index in [9.17, 15) is 35.1 Å². The van der Waals surface area contributed by atoms with Crippen molar-refractivity contribution in [2.75, 3.05) is 6.61 Å². The average Bonchev–Trinajstić information content (AvgIpc) is 2.54. The monoisotopic (exact) mass is 332 g/mol. The minimum Gasteiger partial charge on any atom is -0.504 e. The average molecular weight is 332 g/mol. The van der Waals surface area contributed by atoms with E-state index in [2.05, 4.69) is 0 Å². The van der Waals surface area contributed by atoms with E-state index in [1.165, 1.54) is 0 Å². The van der Waals surface area contributed by atoms with Crippen molar-refractivity contribution in [3.05, 3.63) is 17.7 Å². The number of phenolic OH excluding ortho intramolecular Hbond substituents is 3. The highest BCUT2D eigenvalue weighted by molar-refractivity contribution is 6.14. The Hall–Kier alpha value is -2.24. The first-order valence-electron chi connectivity index (χ1n) is 6.27. The van der Waals surface area contributed by atoms with Crippen molar-refractivity contribution < 1.29 is 50.4 Å². The van der Waals surface area contributed by atoms with Crippen LogP contribution in [0.5, 0.6) is 17.2 Å². The van der Waals surface area contributed by atoms with Crippen molar-refractivity contribution in [3.63, 3.8) is 0 Å². The van der Waals surface area contributed by atoms with Gasteiger partial charge in [-0.25, -0.2) is 0 Å². The van der Waals surface area contributed by atoms with E-state index < -0.39 is 65.4 Å². The third-order valence-electron chi connectivity index (χ3n) is 3.07. The Balaban J connectivity index is 2.98. The first kappa shape index (κ1) is 18.8. The lowest BCUT2D eigenvalue weighted by atomic mass is 9.95. The molecule has 0 fully saturated rings. The number of rotatable bonds is 7. The van der Waals surface area contributed by atoms with Crippen LogP contribution in [0, 0.1) is 0 Å². The minimum absolute atomic E-state index is 0.553. The molecule has 10 nitrogen and oxygen atoms in total. The second-order valence-electron chi connectivity index (χ2n) is 4.72. The summed E-state index contributed by atoms with van der Waals surface area (Å²) in [6, 6.07) is 1.33. The maximum atomic E-state index is 11.9. The van der Waals surface area contributed by atoms with Crippen LogP contribution in [-0.2, 0) is 4.79 Å². The van der Waals surface area contributed by atoms with E-state index in [0.29, 0.717) is 12.1 Å². The predicted molar refractivity (Wildman–Crippen MR) is 71.9 cm³/mol. The van der Waals surface area contributed by atoms with Crippen LogP contribution < -0.4 is 0 Å². The van der Waals surface area contributed by atoms with Gasteiger partial charge < -0.3 is 40.9 Å². The Bertz CT molecular complexity index is 575. The lowest BCUT2D eigenvalue weighted by Gasteiger charge is -2.22. The van der Waals surface area contributed by atoms with Gasteiger partial charge in [-0.2, -0.15) is 0 Å². The van der Waals surface area contributed by atoms with Gasteiger partial charge in [0.05, 0.1) is 6.61 Å². The molecule has 0 saturated carbocycles. The third kappa shape index (κ3) is 3.94. The number of aromatic hydroxyl groups is 3. The van der Waals surface area contributed by atoms with Crippen LogP contribution in [0.2, 0.25) is 0 Å². The van der Waals surface area contributed by atoms with Crippen LogP contribution in [0.3, 0.4) is 0 Å². The van der Waals surface area contributed by atoms with Gasteiger partial charge in [-0.3, -0.25) is 9.59 Å². The molecule has 10 heteroatoms. The van der Waals surface area contributed by atoms with E-state index >= 15 is 0 Å². The summed E-state index contributed by atoms with van der Waals surface area (Å²) in [5.41, 5.74) is -0.553. The van der Waals surface area contributed by atoms with E-state index in [-0.39, 0.29) is 0 Å². The molecule has 0 heterocycles. The van der Waals surface area contributed by atoms with Gasteiger partial charge in [0.2, 0.25) is 0 Å². The second-order valence-corrected chi connectivity index (χ2v) is 4.72. The van der Waals surface area contributed by atoms with E-state index in [1.54, 1.807) is 0 Å². The van der Waals surface area contributed by atoms with Gasteiger partial charge in [-0.05, 0) is 12.1 Å². The number of ketones is 2. The van der Waals surface area contributed by atoms with Gasteiger partial charge in [0.15, 0.2) is 34.9 Å². The normalized spacial score (nSPS) is 16.4. The highest BCUT2D eigenvalue weighted by atomic mass is 16.4. The zero-order valence-corrected chi connectivity index (χ0v) is 11.6. The van der Waals surface area contributed by atoms with Crippen LogP contribution in [0.25, 0.3) is 0 Å². The van der Waals surface area contributed by atoms with Crippen LogP contribution in [0.1, 0.15) is 10.4 Å². The summed E-state index contributed by atoms with van der Waals surface area (Å²) < 4.78 is 0. The largest absolute Gasteiger partial charge is 0.504 e. The Kier molecular flexibility index (Phi) is 6.01. The molecule has 1 aromatic carbocycles. The Morgan fingerprint density at radius 1 is 0.957 bits per heavy atom. The summed E-state index contributed by atoms with van der Waals surface area (Å²) in [7, 11) is 0. The molecule has 0 bridgehead atoms. The predicted octanol–water partition coefficient (Wildman–Crippen LogP) is -3.01. The highest BCUT2D eigenvalue weighted by Gasteiger charge is 2.37. The Morgan fingerprint density at radius 3 is 1.87 bits per heavy atom. The number of benzene rings is 1. The zero-order valence-electron chi connectivity index (χ0n) is 11.6. The first-order chi connectivity index (χ1) is 10.6. The van der Waals surface area contributed by atoms with Gasteiger partial charge in [-0.15, -0.1) is 0 Å². The molecule has 0 radical (unpaired) electrons. The lowest BCUT2D eigenvalue weighted by Crippen LogP contribution is -2.49. The molecule has 23 heavy (non-hydrogen) atoms. The molecule has 0 aliphatic rings. The van der Waals surface area contributed by atoms with Crippen molar-refractivity contribution in [2.24, 2.45) is 0 Å². The first-order valence-corrected chi connectivity index (χ1v) is 6.27. The van der Waals surface area contributed by atoms with E-state index in [0.717, 1.165) is 0 Å². The molecule has 8 N–H and O–H groups in total. The SMILES string of the molecule is O=C(c1cc(O)c(O)c(O)c1)C(O)C(=O)[C@@H](O)[C@H](O)[C@H](O)CO. The van der Waals surface area contributed by atoms with Gasteiger partial charge in [0, 0.05) is 5.56 Å². The zero-order chi connectivity index (χ0) is 17.9. The lowest BCUT2D eigenvalue weighted by molar-refractivity contribution is -0.146. The molecule has 1 aromatic rings. The maximum Gasteiger partial charge on any atom is 0.200 e. The molecule has 0 aliphatic heterocycles. The molecule has 0 saturated heterocycles. The van der Waals surface area contributed by atoms with Crippen LogP contribution in [-0.4, -0.2) is 83.4 Å². The van der Waals surface area contributed by atoms with Gasteiger partial charge in [0.25, 0.3) is 0 Å². The summed E-state index contributed by atoms with van der Waals surface area (Å²) in [6.07, 6.45) is -8.86. The van der Waals surface area contributed by atoms with Crippen LogP contribution in [0.4, 0.5) is 0 Å². The topological polar surface area (TPSA) is 196 Å². The van der Waals surface area contributed by atoms with E-state index in [1.807, 2.05) is 0 Å². The number of aliphatic hydroxyl groups excluding tert-OH is 5. The standard InChI is InChI=1S/C13H16O10/c14-3-7(17)10(20)12(22)13(23)11(21)8(18)4-1-5(15)9(19)6(16)2-4/h1-2,7,10-12,14-17,19-22H,3H2/t7-,10-,11?,12+/m1/s1. The minimum atomic E-state index is -2.48. The molecule has 1 unspecified atom stereocenters. The molecule has 4 atom stereocenters. The fraction of sp³-hybridized carbons (Fsp3) is 0.385. The molecule has 0 amide bonds. The Morgan fingerprint density at radius 2 is 1.43 bits per heavy atom. The van der Waals surface area contributed by atoms with Gasteiger partial charge >= 0.3 is 0 Å². The molecular weight excluding hydrogens is 316 g/mol. The number of carbonyl (C=O) groups is 2. The molecule has 0 aliphatic carbocycles. The molecule has 0 aromatic heterocycles. The molecule has 1 rings (SSSR count). The summed E-state index contributed by atoms with van der Waals surface area (Å²) in [4.78, 5) is 23.6. The quantitative estimate of drug-likeness (QED) is 0.145. The highest BCUT2D eigenvalue weighted by Crippen LogP contribution is 2.35. The van der Waals surface area contributed by atoms with Crippen LogP contribution >= 0.6 is 0 Å². The summed E-state index contributed by atoms with van der Waals surface area (Å²) >= 11 is 0. The number of hydrogen-bond donors (Lipinski definition) is 8. The van der Waals surface area contributed by atoms with E-state index in [4.69, 9.17) is 15.3 Å². The van der Waals surface area contributed by atoms with Gasteiger partial charge in [-0.1, -0.05) is 0 Å². The van der Waals surface area contributed by atoms with Crippen molar-refractivity contribution >= 4 is 11.6 Å². The number of hydrogen-bond acceptors (Lipinski definition) is 10. The summed E-state index contributed by atoms with van der Waals surface area (Å²) in [5, 5.41) is 73.9. The number of Topliss-reactive ketones (excluding diaryl/α,β-unsaturated/α-hetero) is 2. The fourth-order valence-corrected chi connectivity index (χ4v) is 1.68. The molecule has 0 spiro atoms. The van der Waals surface area contributed by atoms with Crippen LogP contribution in [0.15, 0.2) is 12.1 Å². The molecular formula is C13H16O10. The second kappa shape index (κ2) is 7.35. The van der Waals surface area contributed by atoms with Crippen molar-refractivity contribution in [1.82, 2.24) is 0 Å². The fourth-order valence-electron chi connectivity index (χ4n) is 1.68. The number of aliphatic hydroxyl groups is 5. The Labute approximate surface area is 129 Å². The summed E-state index contributed by atoms with van der Waals surface area (Å²) in [5.74, 6) is -5.59. The smallest absolute Gasteiger partial charge is 0.200 e. The third-order valence-corrected chi connectivity index (χ3v) is 3.07. The molecule has 128 valence electrons. The number of phenols is 3. The van der Waals surface area contributed by atoms with Crippen molar-refractivity contribution in [3.8, 4) is 17.2 Å². The maximum absolute atomic E-state index is 11.9. The summed E-state index contributed by atoms with van der Waals surface area (Å²) in [6.45, 7) is -0.977.